The van der Waals surface area contributed by atoms with E-state index in [1.807, 2.05) is 0 Å². The first-order valence-electron chi connectivity index (χ1n) is 6.22. The lowest BCUT2D eigenvalue weighted by Gasteiger charge is -2.03. The van der Waals surface area contributed by atoms with Crippen molar-refractivity contribution in [3.05, 3.63) is 53.1 Å². The minimum absolute atomic E-state index is 0.257. The standard InChI is InChI=1S/C15H11ClN2O3/c1-8(19)17-13-11-3-2-10(16)6-12(11)18-14(13)15(20)9-4-5-21-7-9/h2-7,18H,1H3,(H,17,19). The number of carbonyl (C=O) groups excluding carboxylic acids is 2. The first kappa shape index (κ1) is 13.5. The Bertz CT molecular complexity index is 834. The van der Waals surface area contributed by atoms with Crippen molar-refractivity contribution >= 4 is 39.9 Å². The molecule has 0 saturated heterocycles. The second-order valence-electron chi connectivity index (χ2n) is 4.59. The molecule has 0 unspecified atom stereocenters. The van der Waals surface area contributed by atoms with Gasteiger partial charge in [-0.05, 0) is 24.3 Å². The van der Waals surface area contributed by atoms with Crippen LogP contribution in [-0.2, 0) is 4.79 Å². The van der Waals surface area contributed by atoms with Gasteiger partial charge in [-0.15, -0.1) is 0 Å². The average molecular weight is 303 g/mol. The summed E-state index contributed by atoms with van der Waals surface area (Å²) >= 11 is 5.96. The molecule has 106 valence electrons. The summed E-state index contributed by atoms with van der Waals surface area (Å²) in [5, 5.41) is 3.96. The van der Waals surface area contributed by atoms with E-state index in [0.29, 0.717) is 27.5 Å². The van der Waals surface area contributed by atoms with E-state index in [9.17, 15) is 9.59 Å². The lowest BCUT2D eigenvalue weighted by molar-refractivity contribution is -0.114. The number of hydrogen-bond donors (Lipinski definition) is 2. The van der Waals surface area contributed by atoms with Crippen LogP contribution >= 0.6 is 11.6 Å². The van der Waals surface area contributed by atoms with E-state index in [1.165, 1.54) is 19.5 Å². The summed E-state index contributed by atoms with van der Waals surface area (Å²) in [5.41, 5.74) is 1.82. The number of anilines is 1. The summed E-state index contributed by atoms with van der Waals surface area (Å²) in [4.78, 5) is 26.9. The van der Waals surface area contributed by atoms with Crippen molar-refractivity contribution in [2.24, 2.45) is 0 Å². The monoisotopic (exact) mass is 302 g/mol. The Hall–Kier alpha value is -2.53. The Morgan fingerprint density at radius 2 is 2.10 bits per heavy atom. The van der Waals surface area contributed by atoms with Gasteiger partial charge >= 0.3 is 0 Å². The number of halogens is 1. The van der Waals surface area contributed by atoms with Crippen LogP contribution in [0, 0.1) is 0 Å². The van der Waals surface area contributed by atoms with Gasteiger partial charge in [0.25, 0.3) is 0 Å². The van der Waals surface area contributed by atoms with Gasteiger partial charge in [0.2, 0.25) is 11.7 Å². The van der Waals surface area contributed by atoms with Crippen LogP contribution in [0.25, 0.3) is 10.9 Å². The first-order valence-corrected chi connectivity index (χ1v) is 6.60. The number of H-pyrrole nitrogens is 1. The lowest BCUT2D eigenvalue weighted by Crippen LogP contribution is -2.10. The number of carbonyl (C=O) groups is 2. The molecule has 6 heteroatoms. The normalized spacial score (nSPS) is 10.8. The highest BCUT2D eigenvalue weighted by atomic mass is 35.5. The topological polar surface area (TPSA) is 75.1 Å². The van der Waals surface area contributed by atoms with Gasteiger partial charge in [0.1, 0.15) is 12.0 Å². The van der Waals surface area contributed by atoms with Gasteiger partial charge in [-0.3, -0.25) is 9.59 Å². The molecule has 0 saturated carbocycles. The van der Waals surface area contributed by atoms with Gasteiger partial charge in [0.05, 0.1) is 17.5 Å². The van der Waals surface area contributed by atoms with Gasteiger partial charge in [0, 0.05) is 22.8 Å². The number of amides is 1. The van der Waals surface area contributed by atoms with Crippen molar-refractivity contribution in [2.75, 3.05) is 5.32 Å². The van der Waals surface area contributed by atoms with Gasteiger partial charge < -0.3 is 14.7 Å². The highest BCUT2D eigenvalue weighted by Gasteiger charge is 2.20. The van der Waals surface area contributed by atoms with Gasteiger partial charge in [-0.2, -0.15) is 0 Å². The predicted molar refractivity (Wildman–Crippen MR) is 79.8 cm³/mol. The maximum atomic E-state index is 12.5. The second kappa shape index (κ2) is 5.10. The second-order valence-corrected chi connectivity index (χ2v) is 5.02. The van der Waals surface area contributed by atoms with E-state index in [2.05, 4.69) is 10.3 Å². The molecule has 0 atom stereocenters. The minimum Gasteiger partial charge on any atom is -0.472 e. The zero-order chi connectivity index (χ0) is 15.0. The van der Waals surface area contributed by atoms with E-state index in [0.717, 1.165) is 5.39 Å². The zero-order valence-corrected chi connectivity index (χ0v) is 11.8. The summed E-state index contributed by atoms with van der Waals surface area (Å²) in [6.07, 6.45) is 2.78. The molecule has 0 radical (unpaired) electrons. The molecule has 21 heavy (non-hydrogen) atoms. The Morgan fingerprint density at radius 1 is 1.29 bits per heavy atom. The van der Waals surface area contributed by atoms with Crippen LogP contribution in [-0.4, -0.2) is 16.7 Å². The quantitative estimate of drug-likeness (QED) is 0.726. The largest absolute Gasteiger partial charge is 0.472 e. The van der Waals surface area contributed by atoms with Crippen molar-refractivity contribution in [3.63, 3.8) is 0 Å². The summed E-state index contributed by atoms with van der Waals surface area (Å²) < 4.78 is 4.93. The van der Waals surface area contributed by atoms with E-state index in [-0.39, 0.29) is 11.7 Å². The highest BCUT2D eigenvalue weighted by molar-refractivity contribution is 6.31. The van der Waals surface area contributed by atoms with Gasteiger partial charge in [0.15, 0.2) is 0 Å². The molecule has 0 aliphatic rings. The van der Waals surface area contributed by atoms with E-state index >= 15 is 0 Å². The average Bonchev–Trinajstić information content (AvgIpc) is 3.05. The molecular formula is C15H11ClN2O3. The van der Waals surface area contributed by atoms with E-state index in [1.54, 1.807) is 24.3 Å². The van der Waals surface area contributed by atoms with Crippen LogP contribution in [0.1, 0.15) is 23.0 Å². The van der Waals surface area contributed by atoms with Crippen LogP contribution < -0.4 is 5.32 Å². The number of aromatic amines is 1. The maximum absolute atomic E-state index is 12.5. The van der Waals surface area contributed by atoms with Crippen molar-refractivity contribution in [1.29, 1.82) is 0 Å². The van der Waals surface area contributed by atoms with E-state index in [4.69, 9.17) is 16.0 Å². The number of furan rings is 1. The number of hydrogen-bond acceptors (Lipinski definition) is 3. The Labute approximate surface area is 124 Å². The third-order valence-corrected chi connectivity index (χ3v) is 3.31. The number of benzene rings is 1. The summed E-state index contributed by atoms with van der Waals surface area (Å²) in [6, 6.07) is 6.73. The molecule has 2 N–H and O–H groups in total. The van der Waals surface area contributed by atoms with Crippen LogP contribution in [0.15, 0.2) is 41.2 Å². The van der Waals surface area contributed by atoms with Crippen molar-refractivity contribution in [1.82, 2.24) is 4.98 Å². The van der Waals surface area contributed by atoms with Crippen LogP contribution in [0.4, 0.5) is 5.69 Å². The molecule has 3 aromatic rings. The lowest BCUT2D eigenvalue weighted by atomic mass is 10.1. The SMILES string of the molecule is CC(=O)Nc1c(C(=O)c2ccoc2)[nH]c2cc(Cl)ccc12. The van der Waals surface area contributed by atoms with Gasteiger partial charge in [-0.1, -0.05) is 11.6 Å². The highest BCUT2D eigenvalue weighted by Crippen LogP contribution is 2.31. The minimum atomic E-state index is -0.264. The molecule has 2 aromatic heterocycles. The molecule has 1 amide bonds. The number of nitrogens with one attached hydrogen (secondary N) is 2. The molecule has 0 fully saturated rings. The van der Waals surface area contributed by atoms with Crippen molar-refractivity contribution in [2.45, 2.75) is 6.92 Å². The first-order chi connectivity index (χ1) is 10.1. The van der Waals surface area contributed by atoms with E-state index < -0.39 is 0 Å². The van der Waals surface area contributed by atoms with Crippen LogP contribution in [0.3, 0.4) is 0 Å². The Kier molecular flexibility index (Phi) is 3.27. The molecule has 0 aliphatic heterocycles. The molecule has 0 bridgehead atoms. The molecule has 0 aliphatic carbocycles. The fourth-order valence-corrected chi connectivity index (χ4v) is 2.36. The Morgan fingerprint density at radius 3 is 2.76 bits per heavy atom. The fourth-order valence-electron chi connectivity index (χ4n) is 2.18. The predicted octanol–water partition coefficient (Wildman–Crippen LogP) is 3.60. The van der Waals surface area contributed by atoms with Crippen molar-refractivity contribution < 1.29 is 14.0 Å². The maximum Gasteiger partial charge on any atom is 0.221 e. The fraction of sp³-hybridized carbons (Fsp3) is 0.0667. The Balaban J connectivity index is 2.20. The molecule has 1 aromatic carbocycles. The third-order valence-electron chi connectivity index (χ3n) is 3.07. The molecule has 2 heterocycles. The molecule has 3 rings (SSSR count). The molecule has 5 nitrogen and oxygen atoms in total. The van der Waals surface area contributed by atoms with Crippen LogP contribution in [0.5, 0.6) is 0 Å². The molecular weight excluding hydrogens is 292 g/mol. The zero-order valence-electron chi connectivity index (χ0n) is 11.1. The van der Waals surface area contributed by atoms with Crippen LogP contribution in [0.2, 0.25) is 5.02 Å². The summed E-state index contributed by atoms with van der Waals surface area (Å²) in [5.74, 6) is -0.521. The summed E-state index contributed by atoms with van der Waals surface area (Å²) in [6.45, 7) is 1.39. The smallest absolute Gasteiger partial charge is 0.221 e. The van der Waals surface area contributed by atoms with Gasteiger partial charge in [-0.25, -0.2) is 0 Å². The van der Waals surface area contributed by atoms with Crippen molar-refractivity contribution in [3.8, 4) is 0 Å². The summed E-state index contributed by atoms with van der Waals surface area (Å²) in [7, 11) is 0. The number of aromatic nitrogens is 1. The third kappa shape index (κ3) is 2.43. The molecule has 0 spiro atoms. The number of rotatable bonds is 3. The number of ketones is 1. The number of fused-ring (bicyclic) bond motifs is 1.